The predicted molar refractivity (Wildman–Crippen MR) is 151 cm³/mol. The average Bonchev–Trinajstić information content (AvgIpc) is 3.35. The first-order valence-electron chi connectivity index (χ1n) is 12.5. The van der Waals surface area contributed by atoms with Gasteiger partial charge >= 0.3 is 0 Å². The van der Waals surface area contributed by atoms with Crippen LogP contribution in [0.1, 0.15) is 12.5 Å². The summed E-state index contributed by atoms with van der Waals surface area (Å²) < 4.78 is 12.9. The Kier molecular flexibility index (Phi) is 6.76. The number of thiazole rings is 1. The molecule has 6 rings (SSSR count). The third-order valence-electron chi connectivity index (χ3n) is 6.49. The first kappa shape index (κ1) is 24.1. The lowest BCUT2D eigenvalue weighted by Gasteiger charge is -2.28. The highest BCUT2D eigenvalue weighted by molar-refractivity contribution is 7.07. The number of nitrogens with one attached hydrogen (secondary N) is 1. The molecule has 9 heteroatoms. The van der Waals surface area contributed by atoms with Gasteiger partial charge in [-0.25, -0.2) is 9.67 Å². The van der Waals surface area contributed by atoms with E-state index in [0.29, 0.717) is 11.4 Å². The van der Waals surface area contributed by atoms with Crippen molar-refractivity contribution in [3.05, 3.63) is 88.5 Å². The van der Waals surface area contributed by atoms with E-state index in [0.717, 1.165) is 59.3 Å². The summed E-state index contributed by atoms with van der Waals surface area (Å²) >= 11 is 1.51. The number of anilines is 2. The van der Waals surface area contributed by atoms with E-state index in [1.165, 1.54) is 17.0 Å². The molecule has 0 radical (unpaired) electrons. The highest BCUT2D eigenvalue weighted by Gasteiger charge is 2.18. The van der Waals surface area contributed by atoms with E-state index in [-0.39, 0.29) is 12.5 Å². The van der Waals surface area contributed by atoms with Crippen LogP contribution < -0.4 is 19.8 Å². The lowest BCUT2D eigenvalue weighted by atomic mass is 10.1. The Hall–Kier alpha value is -4.21. The van der Waals surface area contributed by atoms with Crippen molar-refractivity contribution in [2.45, 2.75) is 6.92 Å². The van der Waals surface area contributed by atoms with Gasteiger partial charge in [0.05, 0.1) is 36.0 Å². The van der Waals surface area contributed by atoms with Crippen molar-refractivity contribution < 1.29 is 14.3 Å². The van der Waals surface area contributed by atoms with E-state index in [2.05, 4.69) is 34.5 Å². The highest BCUT2D eigenvalue weighted by Crippen LogP contribution is 2.33. The van der Waals surface area contributed by atoms with Gasteiger partial charge < -0.3 is 19.7 Å². The SMILES string of the molecule is CC(=Nn1c(-c2ccc3c(c2)NC(=O)CO3)csc1=Nc1ccccc1)c1ccc(N2CCOCC2)cc1. The van der Waals surface area contributed by atoms with Crippen molar-refractivity contribution >= 4 is 40.0 Å². The summed E-state index contributed by atoms with van der Waals surface area (Å²) in [6.45, 7) is 5.34. The molecule has 0 saturated carbocycles. The Labute approximate surface area is 224 Å². The second-order valence-electron chi connectivity index (χ2n) is 9.04. The number of carbonyl (C=O) groups is 1. The van der Waals surface area contributed by atoms with Crippen molar-refractivity contribution in [2.24, 2.45) is 10.1 Å². The molecule has 1 N–H and O–H groups in total. The number of carbonyl (C=O) groups excluding carboxylic acids is 1. The third kappa shape index (κ3) is 5.11. The molecule has 4 aromatic rings. The molecule has 3 heterocycles. The van der Waals surface area contributed by atoms with Crippen LogP contribution in [0.5, 0.6) is 5.75 Å². The van der Waals surface area contributed by atoms with Gasteiger partial charge in [-0.3, -0.25) is 4.79 Å². The maximum Gasteiger partial charge on any atom is 0.262 e. The van der Waals surface area contributed by atoms with Crippen LogP contribution in [0.15, 0.2) is 88.3 Å². The van der Waals surface area contributed by atoms with Crippen LogP contribution in [0.4, 0.5) is 17.1 Å². The molecule has 0 unspecified atom stereocenters. The number of hydrogen-bond donors (Lipinski definition) is 1. The minimum Gasteiger partial charge on any atom is -0.482 e. The number of nitrogens with zero attached hydrogens (tertiary/aromatic N) is 4. The lowest BCUT2D eigenvalue weighted by molar-refractivity contribution is -0.118. The first-order valence-corrected chi connectivity index (χ1v) is 13.4. The lowest BCUT2D eigenvalue weighted by Crippen LogP contribution is -2.36. The predicted octanol–water partition coefficient (Wildman–Crippen LogP) is 4.89. The summed E-state index contributed by atoms with van der Waals surface area (Å²) in [5.41, 5.74) is 6.36. The number of rotatable bonds is 5. The summed E-state index contributed by atoms with van der Waals surface area (Å²) in [5, 5.41) is 9.96. The van der Waals surface area contributed by atoms with E-state index in [1.807, 2.05) is 65.5 Å². The van der Waals surface area contributed by atoms with E-state index in [9.17, 15) is 4.79 Å². The van der Waals surface area contributed by atoms with E-state index in [4.69, 9.17) is 19.6 Å². The van der Waals surface area contributed by atoms with Crippen molar-refractivity contribution in [2.75, 3.05) is 43.1 Å². The van der Waals surface area contributed by atoms with Crippen molar-refractivity contribution in [1.82, 2.24) is 4.68 Å². The molecule has 192 valence electrons. The molecular formula is C29H27N5O3S. The zero-order valence-electron chi connectivity index (χ0n) is 21.0. The molecule has 8 nitrogen and oxygen atoms in total. The molecule has 0 bridgehead atoms. The second kappa shape index (κ2) is 10.6. The largest absolute Gasteiger partial charge is 0.482 e. The number of morpholine rings is 1. The first-order chi connectivity index (χ1) is 18.6. The zero-order valence-corrected chi connectivity index (χ0v) is 21.8. The van der Waals surface area contributed by atoms with Gasteiger partial charge in [-0.15, -0.1) is 11.3 Å². The van der Waals surface area contributed by atoms with E-state index >= 15 is 0 Å². The summed E-state index contributed by atoms with van der Waals surface area (Å²) in [6.07, 6.45) is 0. The van der Waals surface area contributed by atoms with Crippen LogP contribution in [-0.4, -0.2) is 49.2 Å². The van der Waals surface area contributed by atoms with Crippen LogP contribution in [0.25, 0.3) is 11.3 Å². The minimum absolute atomic E-state index is 0.0265. The Morgan fingerprint density at radius 2 is 1.79 bits per heavy atom. The number of fused-ring (bicyclic) bond motifs is 1. The third-order valence-corrected chi connectivity index (χ3v) is 7.30. The second-order valence-corrected chi connectivity index (χ2v) is 9.88. The molecule has 0 atom stereocenters. The van der Waals surface area contributed by atoms with E-state index in [1.54, 1.807) is 0 Å². The Balaban J connectivity index is 1.40. The summed E-state index contributed by atoms with van der Waals surface area (Å²) in [5.74, 6) is 0.492. The molecule has 1 fully saturated rings. The zero-order chi connectivity index (χ0) is 25.9. The van der Waals surface area contributed by atoms with Gasteiger partial charge in [0, 0.05) is 29.7 Å². The molecule has 2 aliphatic rings. The van der Waals surface area contributed by atoms with Gasteiger partial charge in [-0.1, -0.05) is 30.3 Å². The topological polar surface area (TPSA) is 80.5 Å². The smallest absolute Gasteiger partial charge is 0.262 e. The highest BCUT2D eigenvalue weighted by atomic mass is 32.1. The van der Waals surface area contributed by atoms with Gasteiger partial charge in [0.25, 0.3) is 5.91 Å². The summed E-state index contributed by atoms with van der Waals surface area (Å²) in [4.78, 5) is 19.8. The fraction of sp³-hybridized carbons (Fsp3) is 0.207. The van der Waals surface area contributed by atoms with Crippen molar-refractivity contribution in [1.29, 1.82) is 0 Å². The quantitative estimate of drug-likeness (QED) is 0.376. The van der Waals surface area contributed by atoms with Crippen LogP contribution in [0.2, 0.25) is 0 Å². The van der Waals surface area contributed by atoms with Crippen molar-refractivity contribution in [3.63, 3.8) is 0 Å². The van der Waals surface area contributed by atoms with Gasteiger partial charge in [-0.05, 0) is 55.0 Å². The van der Waals surface area contributed by atoms with E-state index < -0.39 is 0 Å². The van der Waals surface area contributed by atoms with Crippen molar-refractivity contribution in [3.8, 4) is 17.0 Å². The number of ether oxygens (including phenoxy) is 2. The molecule has 38 heavy (non-hydrogen) atoms. The minimum atomic E-state index is -0.165. The maximum atomic E-state index is 11.9. The number of para-hydroxylation sites is 1. The fourth-order valence-corrected chi connectivity index (χ4v) is 5.32. The Morgan fingerprint density at radius 3 is 2.58 bits per heavy atom. The normalized spacial score (nSPS) is 16.1. The molecular weight excluding hydrogens is 498 g/mol. The average molecular weight is 526 g/mol. The fourth-order valence-electron chi connectivity index (χ4n) is 4.47. The van der Waals surface area contributed by atoms with Crippen LogP contribution in [0, 0.1) is 0 Å². The number of amides is 1. The van der Waals surface area contributed by atoms with Crippen LogP contribution in [-0.2, 0) is 9.53 Å². The number of hydrogen-bond acceptors (Lipinski definition) is 7. The Bertz CT molecular complexity index is 1550. The summed E-state index contributed by atoms with van der Waals surface area (Å²) in [6, 6.07) is 24.1. The standard InChI is InChI=1S/C29H27N5O3S/c1-20(21-7-10-24(11-8-21)33-13-15-36-16-14-33)32-34-26(19-38-29(34)30-23-5-3-2-4-6-23)22-9-12-27-25(17-22)31-28(35)18-37-27/h2-12,17,19H,13-16,18H2,1H3,(H,31,35). The van der Waals surface area contributed by atoms with Crippen LogP contribution >= 0.6 is 11.3 Å². The molecule has 1 amide bonds. The number of aromatic nitrogens is 1. The maximum absolute atomic E-state index is 11.9. The molecule has 3 aromatic carbocycles. The molecule has 0 spiro atoms. The van der Waals surface area contributed by atoms with Crippen LogP contribution in [0.3, 0.4) is 0 Å². The number of benzene rings is 3. The Morgan fingerprint density at radius 1 is 1.00 bits per heavy atom. The molecule has 1 aromatic heterocycles. The summed E-state index contributed by atoms with van der Waals surface area (Å²) in [7, 11) is 0. The molecule has 2 aliphatic heterocycles. The van der Waals surface area contributed by atoms with Gasteiger partial charge in [0.1, 0.15) is 5.75 Å². The monoisotopic (exact) mass is 525 g/mol. The van der Waals surface area contributed by atoms with Gasteiger partial charge in [0.2, 0.25) is 4.80 Å². The van der Waals surface area contributed by atoms with Gasteiger partial charge in [-0.2, -0.15) is 5.10 Å². The molecule has 0 aliphatic carbocycles. The van der Waals surface area contributed by atoms with Gasteiger partial charge in [0.15, 0.2) is 6.61 Å². The molecule has 1 saturated heterocycles.